The fourth-order valence-electron chi connectivity index (χ4n) is 3.72. The summed E-state index contributed by atoms with van der Waals surface area (Å²) in [5.74, 6) is -1.33. The van der Waals surface area contributed by atoms with Crippen molar-refractivity contribution in [2.24, 2.45) is 0 Å². The fraction of sp³-hybridized carbons (Fsp3) is 0.250. The molecule has 1 spiro atoms. The van der Waals surface area contributed by atoms with Gasteiger partial charge in [0.2, 0.25) is 11.4 Å². The van der Waals surface area contributed by atoms with Crippen molar-refractivity contribution in [3.8, 4) is 5.75 Å². The average Bonchev–Trinajstić information content (AvgIpc) is 3.02. The SMILES string of the molecule is COC1(c2ccc(Cl)cc2)Oc2ccc(Cl)cc2C(=O)C12OCC=C2C. The van der Waals surface area contributed by atoms with E-state index in [0.717, 1.165) is 5.57 Å². The minimum absolute atomic E-state index is 0.246. The molecule has 4 nitrogen and oxygen atoms in total. The van der Waals surface area contributed by atoms with Gasteiger partial charge in [0.1, 0.15) is 5.75 Å². The monoisotopic (exact) mass is 390 g/mol. The second kappa shape index (κ2) is 6.10. The van der Waals surface area contributed by atoms with Crippen molar-refractivity contribution in [3.63, 3.8) is 0 Å². The van der Waals surface area contributed by atoms with E-state index in [0.29, 0.717) is 26.9 Å². The quantitative estimate of drug-likeness (QED) is 0.691. The summed E-state index contributed by atoms with van der Waals surface area (Å²) in [5.41, 5.74) is 0.291. The predicted octanol–water partition coefficient (Wildman–Crippen LogP) is 4.78. The Labute approximate surface area is 161 Å². The first-order chi connectivity index (χ1) is 12.4. The number of carbonyl (C=O) groups excluding carboxylic acids is 1. The zero-order valence-electron chi connectivity index (χ0n) is 14.2. The molecule has 2 aliphatic rings. The van der Waals surface area contributed by atoms with E-state index in [9.17, 15) is 4.79 Å². The Kier molecular flexibility index (Phi) is 4.12. The van der Waals surface area contributed by atoms with E-state index < -0.39 is 11.4 Å². The van der Waals surface area contributed by atoms with Gasteiger partial charge in [-0.05, 0) is 42.8 Å². The second-order valence-corrected chi connectivity index (χ2v) is 7.15. The van der Waals surface area contributed by atoms with Gasteiger partial charge in [-0.25, -0.2) is 0 Å². The number of fused-ring (bicyclic) bond motifs is 1. The first-order valence-electron chi connectivity index (χ1n) is 8.10. The number of carbonyl (C=O) groups is 1. The number of halogens is 2. The number of hydrogen-bond acceptors (Lipinski definition) is 4. The summed E-state index contributed by atoms with van der Waals surface area (Å²) in [7, 11) is 1.50. The van der Waals surface area contributed by atoms with Crippen molar-refractivity contribution in [2.45, 2.75) is 18.3 Å². The third-order valence-electron chi connectivity index (χ3n) is 4.98. The number of Topliss-reactive ketones (excluding diaryl/α,β-unsaturated/α-hetero) is 1. The molecule has 0 radical (unpaired) electrons. The number of hydrogen-bond donors (Lipinski definition) is 0. The lowest BCUT2D eigenvalue weighted by molar-refractivity contribution is -0.260. The lowest BCUT2D eigenvalue weighted by Crippen LogP contribution is -2.64. The molecule has 2 atom stereocenters. The zero-order valence-corrected chi connectivity index (χ0v) is 15.7. The molecule has 0 bridgehead atoms. The van der Waals surface area contributed by atoms with Gasteiger partial charge in [0.25, 0.3) is 5.79 Å². The van der Waals surface area contributed by atoms with Crippen LogP contribution in [0, 0.1) is 0 Å². The van der Waals surface area contributed by atoms with E-state index in [-0.39, 0.29) is 12.4 Å². The Bertz CT molecular complexity index is 922. The van der Waals surface area contributed by atoms with Crippen LogP contribution < -0.4 is 4.74 Å². The highest BCUT2D eigenvalue weighted by Gasteiger charge is 2.67. The molecule has 134 valence electrons. The summed E-state index contributed by atoms with van der Waals surface area (Å²) in [5, 5.41) is 1.02. The van der Waals surface area contributed by atoms with Crippen molar-refractivity contribution in [3.05, 3.63) is 75.3 Å². The maximum atomic E-state index is 13.6. The molecule has 0 fully saturated rings. The maximum absolute atomic E-state index is 13.6. The van der Waals surface area contributed by atoms with Crippen molar-refractivity contribution < 1.29 is 19.0 Å². The minimum atomic E-state index is -1.48. The molecule has 2 aliphatic heterocycles. The van der Waals surface area contributed by atoms with Gasteiger partial charge in [-0.15, -0.1) is 0 Å². The molecular weight excluding hydrogens is 375 g/mol. The highest BCUT2D eigenvalue weighted by Crippen LogP contribution is 2.53. The normalized spacial score (nSPS) is 27.2. The van der Waals surface area contributed by atoms with Gasteiger partial charge in [0.15, 0.2) is 0 Å². The Morgan fingerprint density at radius 2 is 1.77 bits per heavy atom. The van der Waals surface area contributed by atoms with E-state index in [1.807, 2.05) is 13.0 Å². The molecule has 0 aliphatic carbocycles. The molecule has 0 N–H and O–H groups in total. The van der Waals surface area contributed by atoms with Crippen molar-refractivity contribution in [1.29, 1.82) is 0 Å². The van der Waals surface area contributed by atoms with Crippen LogP contribution in [0.1, 0.15) is 22.8 Å². The van der Waals surface area contributed by atoms with Gasteiger partial charge in [-0.3, -0.25) is 4.79 Å². The Hall–Kier alpha value is -1.85. The third kappa shape index (κ3) is 2.20. The number of ketones is 1. The van der Waals surface area contributed by atoms with Crippen LogP contribution in [0.4, 0.5) is 0 Å². The van der Waals surface area contributed by atoms with Crippen LogP contribution in [0.5, 0.6) is 5.75 Å². The first kappa shape index (κ1) is 17.6. The Balaban J connectivity index is 2.02. The van der Waals surface area contributed by atoms with Gasteiger partial charge < -0.3 is 14.2 Å². The molecule has 2 heterocycles. The van der Waals surface area contributed by atoms with Crippen LogP contribution >= 0.6 is 23.2 Å². The van der Waals surface area contributed by atoms with Crippen LogP contribution in [0.2, 0.25) is 10.0 Å². The summed E-state index contributed by atoms with van der Waals surface area (Å²) in [6.07, 6.45) is 1.86. The van der Waals surface area contributed by atoms with E-state index in [4.69, 9.17) is 37.4 Å². The largest absolute Gasteiger partial charge is 0.453 e. The summed E-state index contributed by atoms with van der Waals surface area (Å²) in [6, 6.07) is 11.9. The molecule has 6 heteroatoms. The fourth-order valence-corrected chi connectivity index (χ4v) is 4.02. The second-order valence-electron chi connectivity index (χ2n) is 6.28. The van der Waals surface area contributed by atoms with Gasteiger partial charge in [0, 0.05) is 22.7 Å². The zero-order chi connectivity index (χ0) is 18.5. The smallest absolute Gasteiger partial charge is 0.278 e. The average molecular weight is 391 g/mol. The summed E-state index contributed by atoms with van der Waals surface area (Å²) >= 11 is 12.1. The molecular formula is C20H16Cl2O4. The van der Waals surface area contributed by atoms with Crippen LogP contribution in [0.3, 0.4) is 0 Å². The third-order valence-corrected chi connectivity index (χ3v) is 5.47. The highest BCUT2D eigenvalue weighted by atomic mass is 35.5. The van der Waals surface area contributed by atoms with E-state index in [2.05, 4.69) is 0 Å². The van der Waals surface area contributed by atoms with Crippen LogP contribution in [-0.2, 0) is 15.3 Å². The lowest BCUT2D eigenvalue weighted by Gasteiger charge is -2.49. The maximum Gasteiger partial charge on any atom is 0.278 e. The van der Waals surface area contributed by atoms with Gasteiger partial charge in [0.05, 0.1) is 12.2 Å². The summed E-state index contributed by atoms with van der Waals surface area (Å²) < 4.78 is 18.2. The molecule has 0 aromatic heterocycles. The molecule has 0 saturated heterocycles. The number of benzene rings is 2. The van der Waals surface area contributed by atoms with E-state index in [1.165, 1.54) is 7.11 Å². The van der Waals surface area contributed by atoms with E-state index in [1.54, 1.807) is 42.5 Å². The van der Waals surface area contributed by atoms with Crippen molar-refractivity contribution in [1.82, 2.24) is 0 Å². The standard InChI is InChI=1S/C20H16Cl2O4/c1-12-9-10-25-19(12)18(23)16-11-15(22)7-8-17(16)26-20(19,24-2)13-3-5-14(21)6-4-13/h3-9,11H,10H2,1-2H3. The van der Waals surface area contributed by atoms with Crippen molar-refractivity contribution >= 4 is 29.0 Å². The molecule has 4 rings (SSSR count). The van der Waals surface area contributed by atoms with Crippen LogP contribution in [-0.4, -0.2) is 25.1 Å². The molecule has 2 aromatic carbocycles. The molecule has 0 amide bonds. The topological polar surface area (TPSA) is 44.8 Å². The van der Waals surface area contributed by atoms with Gasteiger partial charge in [-0.1, -0.05) is 41.4 Å². The van der Waals surface area contributed by atoms with Crippen LogP contribution in [0.15, 0.2) is 54.1 Å². The molecule has 0 saturated carbocycles. The first-order valence-corrected chi connectivity index (χ1v) is 8.86. The number of methoxy groups -OCH3 is 1. The lowest BCUT2D eigenvalue weighted by atomic mass is 9.74. The van der Waals surface area contributed by atoms with Crippen LogP contribution in [0.25, 0.3) is 0 Å². The van der Waals surface area contributed by atoms with E-state index >= 15 is 0 Å². The number of rotatable bonds is 2. The molecule has 26 heavy (non-hydrogen) atoms. The Morgan fingerprint density at radius 3 is 2.38 bits per heavy atom. The molecule has 2 unspecified atom stereocenters. The minimum Gasteiger partial charge on any atom is -0.453 e. The van der Waals surface area contributed by atoms with Gasteiger partial charge in [-0.2, -0.15) is 0 Å². The van der Waals surface area contributed by atoms with Gasteiger partial charge >= 0.3 is 0 Å². The summed E-state index contributed by atoms with van der Waals surface area (Å²) in [6.45, 7) is 2.13. The predicted molar refractivity (Wildman–Crippen MR) is 99.0 cm³/mol. The highest BCUT2D eigenvalue weighted by molar-refractivity contribution is 6.31. The Morgan fingerprint density at radius 1 is 1.08 bits per heavy atom. The number of ether oxygens (including phenoxy) is 3. The molecule has 2 aromatic rings. The summed E-state index contributed by atoms with van der Waals surface area (Å²) in [4.78, 5) is 13.6. The van der Waals surface area contributed by atoms with Crippen molar-refractivity contribution in [2.75, 3.05) is 13.7 Å².